The van der Waals surface area contributed by atoms with Gasteiger partial charge >= 0.3 is 5.97 Å². The lowest BCUT2D eigenvalue weighted by Gasteiger charge is -2.11. The summed E-state index contributed by atoms with van der Waals surface area (Å²) in [4.78, 5) is 11.2. The minimum atomic E-state index is -0.168. The molecule has 0 rings (SSSR count). The topological polar surface area (TPSA) is 26.3 Å². The highest BCUT2D eigenvalue weighted by atomic mass is 16.5. The van der Waals surface area contributed by atoms with Crippen LogP contribution in [0.15, 0.2) is 12.8 Å². The van der Waals surface area contributed by atoms with Crippen LogP contribution >= 0.6 is 0 Å². The molecule has 0 saturated carbocycles. The molecule has 0 aromatic heterocycles. The lowest BCUT2D eigenvalue weighted by molar-refractivity contribution is -0.142. The maximum atomic E-state index is 11.2. The van der Waals surface area contributed by atoms with Crippen molar-refractivity contribution in [2.75, 3.05) is 0 Å². The predicted octanol–water partition coefficient (Wildman–Crippen LogP) is 3.14. The van der Waals surface area contributed by atoms with Crippen LogP contribution in [0.2, 0.25) is 0 Å². The minimum Gasteiger partial charge on any atom is -0.435 e. The Bertz CT molecular complexity index is 163. The van der Waals surface area contributed by atoms with E-state index in [0.29, 0.717) is 5.92 Å². The van der Waals surface area contributed by atoms with Crippen molar-refractivity contribution in [2.45, 2.75) is 40.0 Å². The van der Waals surface area contributed by atoms with Crippen LogP contribution < -0.4 is 0 Å². The number of carbonyl (C=O) groups excluding carboxylic acids is 1. The van der Waals surface area contributed by atoms with E-state index < -0.39 is 0 Å². The SMILES string of the molecule is C=COC(=O)C(C)CCC(C)CC. The van der Waals surface area contributed by atoms with Crippen LogP contribution in [-0.4, -0.2) is 5.97 Å². The van der Waals surface area contributed by atoms with Gasteiger partial charge in [0.05, 0.1) is 12.2 Å². The fraction of sp³-hybridized carbons (Fsp3) is 0.727. The average Bonchev–Trinajstić information content (AvgIpc) is 2.13. The number of hydrogen-bond donors (Lipinski definition) is 0. The van der Waals surface area contributed by atoms with Gasteiger partial charge in [0.15, 0.2) is 0 Å². The van der Waals surface area contributed by atoms with Crippen LogP contribution in [0.5, 0.6) is 0 Å². The highest BCUT2D eigenvalue weighted by molar-refractivity contribution is 5.72. The maximum Gasteiger partial charge on any atom is 0.313 e. The number of rotatable bonds is 6. The van der Waals surface area contributed by atoms with Gasteiger partial charge in [0.2, 0.25) is 0 Å². The van der Waals surface area contributed by atoms with Gasteiger partial charge in [0.1, 0.15) is 0 Å². The first kappa shape index (κ1) is 12.2. The van der Waals surface area contributed by atoms with Gasteiger partial charge in [-0.3, -0.25) is 4.79 Å². The third kappa shape index (κ3) is 5.45. The Morgan fingerprint density at radius 3 is 2.54 bits per heavy atom. The molecule has 0 aromatic rings. The molecule has 0 spiro atoms. The summed E-state index contributed by atoms with van der Waals surface area (Å²) in [5, 5.41) is 0. The highest BCUT2D eigenvalue weighted by Crippen LogP contribution is 2.15. The van der Waals surface area contributed by atoms with Crippen molar-refractivity contribution < 1.29 is 9.53 Å². The number of ether oxygens (including phenoxy) is 1. The fourth-order valence-corrected chi connectivity index (χ4v) is 1.05. The van der Waals surface area contributed by atoms with Crippen LogP contribution in [-0.2, 0) is 9.53 Å². The summed E-state index contributed by atoms with van der Waals surface area (Å²) in [6.45, 7) is 9.61. The lowest BCUT2D eigenvalue weighted by Crippen LogP contribution is -2.13. The summed E-state index contributed by atoms with van der Waals surface area (Å²) in [5.74, 6) is 0.518. The van der Waals surface area contributed by atoms with Gasteiger partial charge in [-0.1, -0.05) is 33.8 Å². The van der Waals surface area contributed by atoms with Gasteiger partial charge in [-0.25, -0.2) is 0 Å². The summed E-state index contributed by atoms with van der Waals surface area (Å²) < 4.78 is 4.69. The lowest BCUT2D eigenvalue weighted by atomic mass is 9.96. The Labute approximate surface area is 81.0 Å². The Morgan fingerprint density at radius 1 is 1.46 bits per heavy atom. The zero-order chi connectivity index (χ0) is 10.3. The number of carbonyl (C=O) groups is 1. The standard InChI is InChI=1S/C11H20O2/c1-5-9(3)7-8-10(4)11(12)13-6-2/h6,9-10H,2,5,7-8H2,1,3-4H3. The summed E-state index contributed by atoms with van der Waals surface area (Å²) >= 11 is 0. The monoisotopic (exact) mass is 184 g/mol. The van der Waals surface area contributed by atoms with Crippen LogP contribution in [0.3, 0.4) is 0 Å². The first-order valence-corrected chi connectivity index (χ1v) is 4.93. The van der Waals surface area contributed by atoms with Gasteiger partial charge in [-0.15, -0.1) is 0 Å². The second-order valence-corrected chi connectivity index (χ2v) is 3.60. The van der Waals surface area contributed by atoms with E-state index in [0.717, 1.165) is 12.8 Å². The molecule has 0 bridgehead atoms. The van der Waals surface area contributed by atoms with E-state index in [1.807, 2.05) is 6.92 Å². The number of hydrogen-bond acceptors (Lipinski definition) is 2. The van der Waals surface area contributed by atoms with Crippen LogP contribution in [0, 0.1) is 11.8 Å². The van der Waals surface area contributed by atoms with E-state index in [2.05, 4.69) is 20.4 Å². The molecule has 2 nitrogen and oxygen atoms in total. The Hall–Kier alpha value is -0.790. The average molecular weight is 184 g/mol. The molecule has 0 aliphatic heterocycles. The van der Waals surface area contributed by atoms with E-state index in [1.54, 1.807) is 0 Å². The van der Waals surface area contributed by atoms with E-state index in [-0.39, 0.29) is 11.9 Å². The molecular formula is C11H20O2. The van der Waals surface area contributed by atoms with Crippen molar-refractivity contribution in [3.63, 3.8) is 0 Å². The second kappa shape index (κ2) is 6.70. The smallest absolute Gasteiger partial charge is 0.313 e. The van der Waals surface area contributed by atoms with E-state index in [9.17, 15) is 4.79 Å². The Kier molecular flexibility index (Phi) is 6.29. The molecule has 76 valence electrons. The van der Waals surface area contributed by atoms with Crippen molar-refractivity contribution >= 4 is 5.97 Å². The molecule has 2 heteroatoms. The molecular weight excluding hydrogens is 164 g/mol. The van der Waals surface area contributed by atoms with Crippen molar-refractivity contribution in [3.8, 4) is 0 Å². The molecule has 2 unspecified atom stereocenters. The largest absolute Gasteiger partial charge is 0.435 e. The predicted molar refractivity (Wildman–Crippen MR) is 54.1 cm³/mol. The van der Waals surface area contributed by atoms with E-state index in [4.69, 9.17) is 4.74 Å². The third-order valence-corrected chi connectivity index (χ3v) is 2.39. The zero-order valence-corrected chi connectivity index (χ0v) is 8.88. The van der Waals surface area contributed by atoms with Crippen LogP contribution in [0.4, 0.5) is 0 Å². The minimum absolute atomic E-state index is 0.00741. The summed E-state index contributed by atoms with van der Waals surface area (Å²) in [6, 6.07) is 0. The first-order chi connectivity index (χ1) is 6.11. The molecule has 0 aromatic carbocycles. The number of esters is 1. The molecule has 2 atom stereocenters. The van der Waals surface area contributed by atoms with Crippen molar-refractivity contribution in [2.24, 2.45) is 11.8 Å². The van der Waals surface area contributed by atoms with Gasteiger partial charge in [-0.2, -0.15) is 0 Å². The van der Waals surface area contributed by atoms with Gasteiger partial charge < -0.3 is 4.74 Å². The highest BCUT2D eigenvalue weighted by Gasteiger charge is 2.14. The quantitative estimate of drug-likeness (QED) is 0.468. The Morgan fingerprint density at radius 2 is 2.08 bits per heavy atom. The molecule has 0 radical (unpaired) electrons. The molecule has 0 heterocycles. The molecule has 0 aliphatic rings. The van der Waals surface area contributed by atoms with Crippen molar-refractivity contribution in [1.29, 1.82) is 0 Å². The third-order valence-electron chi connectivity index (χ3n) is 2.39. The molecule has 0 N–H and O–H groups in total. The summed E-state index contributed by atoms with van der Waals surface area (Å²) in [7, 11) is 0. The summed E-state index contributed by atoms with van der Waals surface area (Å²) in [6.07, 6.45) is 4.36. The first-order valence-electron chi connectivity index (χ1n) is 4.93. The van der Waals surface area contributed by atoms with Gasteiger partial charge in [-0.05, 0) is 18.8 Å². The van der Waals surface area contributed by atoms with Crippen LogP contribution in [0.25, 0.3) is 0 Å². The molecule has 13 heavy (non-hydrogen) atoms. The normalized spacial score (nSPS) is 14.7. The van der Waals surface area contributed by atoms with E-state index >= 15 is 0 Å². The summed E-state index contributed by atoms with van der Waals surface area (Å²) in [5.41, 5.74) is 0. The van der Waals surface area contributed by atoms with Gasteiger partial charge in [0, 0.05) is 0 Å². The van der Waals surface area contributed by atoms with Crippen molar-refractivity contribution in [3.05, 3.63) is 12.8 Å². The Balaban J connectivity index is 3.66. The van der Waals surface area contributed by atoms with Crippen LogP contribution in [0.1, 0.15) is 40.0 Å². The van der Waals surface area contributed by atoms with Crippen molar-refractivity contribution in [1.82, 2.24) is 0 Å². The molecule has 0 amide bonds. The van der Waals surface area contributed by atoms with Gasteiger partial charge in [0.25, 0.3) is 0 Å². The fourth-order valence-electron chi connectivity index (χ4n) is 1.05. The molecule has 0 saturated heterocycles. The molecule has 0 aliphatic carbocycles. The maximum absolute atomic E-state index is 11.2. The van der Waals surface area contributed by atoms with E-state index in [1.165, 1.54) is 12.7 Å². The molecule has 0 fully saturated rings. The zero-order valence-electron chi connectivity index (χ0n) is 8.88. The second-order valence-electron chi connectivity index (χ2n) is 3.60.